The minimum absolute atomic E-state index is 0.486. The fourth-order valence-electron chi connectivity index (χ4n) is 0.775. The van der Waals surface area contributed by atoms with Crippen molar-refractivity contribution in [3.63, 3.8) is 0 Å². The predicted molar refractivity (Wildman–Crippen MR) is 51.9 cm³/mol. The van der Waals surface area contributed by atoms with Crippen LogP contribution in [0.4, 0.5) is 0 Å². The maximum Gasteiger partial charge on any atom is 0.316 e. The molecular weight excluding hydrogens is 200 g/mol. The van der Waals surface area contributed by atoms with Crippen molar-refractivity contribution in [3.05, 3.63) is 23.9 Å². The van der Waals surface area contributed by atoms with Gasteiger partial charge in [-0.15, -0.1) is 0 Å². The number of thioether (sulfide) groups is 1. The maximum atomic E-state index is 10.5. The van der Waals surface area contributed by atoms with Gasteiger partial charge in [-0.3, -0.25) is 4.79 Å². The van der Waals surface area contributed by atoms with E-state index >= 15 is 0 Å². The number of aliphatic carboxylic acids is 1. The summed E-state index contributed by atoms with van der Waals surface area (Å²) in [5, 5.41) is 17.3. The van der Waals surface area contributed by atoms with E-state index in [0.29, 0.717) is 10.6 Å². The molecule has 1 heterocycles. The van der Waals surface area contributed by atoms with Gasteiger partial charge in [0.1, 0.15) is 5.25 Å². The summed E-state index contributed by atoms with van der Waals surface area (Å²) < 4.78 is 0. The third-order valence-corrected chi connectivity index (χ3v) is 2.53. The van der Waals surface area contributed by atoms with E-state index in [1.54, 1.807) is 19.1 Å². The van der Waals surface area contributed by atoms with Crippen molar-refractivity contribution in [1.82, 2.24) is 4.98 Å². The fourth-order valence-corrected chi connectivity index (χ4v) is 1.55. The van der Waals surface area contributed by atoms with Gasteiger partial charge in [-0.25, -0.2) is 4.98 Å². The Balaban J connectivity index is 2.78. The van der Waals surface area contributed by atoms with E-state index in [4.69, 9.17) is 10.4 Å². The Morgan fingerprint density at radius 1 is 1.79 bits per heavy atom. The van der Waals surface area contributed by atoms with Crippen LogP contribution in [0.2, 0.25) is 0 Å². The van der Waals surface area contributed by atoms with Gasteiger partial charge in [0.15, 0.2) is 0 Å². The number of carbonyl (C=O) groups is 1. The summed E-state index contributed by atoms with van der Waals surface area (Å²) in [6.07, 6.45) is 1.50. The van der Waals surface area contributed by atoms with Crippen molar-refractivity contribution in [3.8, 4) is 6.07 Å². The smallest absolute Gasteiger partial charge is 0.316 e. The van der Waals surface area contributed by atoms with Crippen molar-refractivity contribution in [1.29, 1.82) is 5.26 Å². The minimum Gasteiger partial charge on any atom is -0.480 e. The number of nitrogens with zero attached hydrogens (tertiary/aromatic N) is 2. The lowest BCUT2D eigenvalue weighted by atomic mass is 10.3. The Hall–Kier alpha value is -1.54. The first-order valence-electron chi connectivity index (χ1n) is 3.89. The van der Waals surface area contributed by atoms with Crippen molar-refractivity contribution in [2.45, 2.75) is 17.2 Å². The molecule has 0 aliphatic carbocycles. The molecule has 5 heteroatoms. The molecular formula is C9H8N2O2S. The monoisotopic (exact) mass is 208 g/mol. The highest BCUT2D eigenvalue weighted by Gasteiger charge is 2.13. The molecule has 0 fully saturated rings. The molecule has 1 aromatic heterocycles. The zero-order chi connectivity index (χ0) is 10.6. The number of nitriles is 1. The summed E-state index contributed by atoms with van der Waals surface area (Å²) in [6, 6.07) is 5.12. The molecule has 0 aliphatic rings. The first-order valence-corrected chi connectivity index (χ1v) is 4.77. The summed E-state index contributed by atoms with van der Waals surface area (Å²) in [5.41, 5.74) is 0.486. The largest absolute Gasteiger partial charge is 0.480 e. The predicted octanol–water partition coefficient (Wildman–Crippen LogP) is 1.52. The van der Waals surface area contributed by atoms with Crippen LogP contribution in [0.5, 0.6) is 0 Å². The van der Waals surface area contributed by atoms with Gasteiger partial charge in [0, 0.05) is 6.20 Å². The van der Waals surface area contributed by atoms with Crippen LogP contribution in [0, 0.1) is 11.3 Å². The Kier molecular flexibility index (Phi) is 3.48. The molecule has 1 atom stereocenters. The maximum absolute atomic E-state index is 10.5. The van der Waals surface area contributed by atoms with Gasteiger partial charge in [0.05, 0.1) is 16.7 Å². The highest BCUT2D eigenvalue weighted by molar-refractivity contribution is 8.00. The van der Waals surface area contributed by atoms with Gasteiger partial charge in [0.25, 0.3) is 0 Å². The summed E-state index contributed by atoms with van der Waals surface area (Å²) in [6.45, 7) is 1.58. The van der Waals surface area contributed by atoms with E-state index in [-0.39, 0.29) is 0 Å². The van der Waals surface area contributed by atoms with Gasteiger partial charge in [-0.1, -0.05) is 11.8 Å². The van der Waals surface area contributed by atoms with Gasteiger partial charge in [0.2, 0.25) is 0 Å². The molecule has 0 spiro atoms. The van der Waals surface area contributed by atoms with Crippen LogP contribution in [0.1, 0.15) is 12.5 Å². The number of pyridine rings is 1. The summed E-state index contributed by atoms with van der Waals surface area (Å²) in [4.78, 5) is 14.5. The third kappa shape index (κ3) is 2.75. The molecule has 1 N–H and O–H groups in total. The molecule has 0 saturated carbocycles. The lowest BCUT2D eigenvalue weighted by molar-refractivity contribution is -0.136. The quantitative estimate of drug-likeness (QED) is 0.762. The average Bonchev–Trinajstić information content (AvgIpc) is 2.18. The summed E-state index contributed by atoms with van der Waals surface area (Å²) in [7, 11) is 0. The van der Waals surface area contributed by atoms with E-state index in [1.165, 1.54) is 6.20 Å². The molecule has 4 nitrogen and oxygen atoms in total. The third-order valence-electron chi connectivity index (χ3n) is 1.51. The number of aromatic nitrogens is 1. The van der Waals surface area contributed by atoms with Gasteiger partial charge < -0.3 is 5.11 Å². The van der Waals surface area contributed by atoms with Gasteiger partial charge in [-0.2, -0.15) is 5.26 Å². The minimum atomic E-state index is -0.890. The van der Waals surface area contributed by atoms with E-state index in [2.05, 4.69) is 4.98 Å². The zero-order valence-electron chi connectivity index (χ0n) is 7.47. The molecule has 1 rings (SSSR count). The van der Waals surface area contributed by atoms with Gasteiger partial charge in [-0.05, 0) is 19.1 Å². The lowest BCUT2D eigenvalue weighted by Gasteiger charge is -2.04. The van der Waals surface area contributed by atoms with Crippen LogP contribution >= 0.6 is 11.8 Å². The fraction of sp³-hybridized carbons (Fsp3) is 0.222. The lowest BCUT2D eigenvalue weighted by Crippen LogP contribution is -2.11. The van der Waals surface area contributed by atoms with Crippen molar-refractivity contribution >= 4 is 17.7 Å². The second kappa shape index (κ2) is 4.63. The van der Waals surface area contributed by atoms with Crippen molar-refractivity contribution in [2.24, 2.45) is 0 Å². The highest BCUT2D eigenvalue weighted by Crippen LogP contribution is 2.21. The second-order valence-electron chi connectivity index (χ2n) is 2.59. The van der Waals surface area contributed by atoms with E-state index in [0.717, 1.165) is 11.8 Å². The molecule has 72 valence electrons. The number of hydrogen-bond acceptors (Lipinski definition) is 4. The molecule has 0 bridgehead atoms. The summed E-state index contributed by atoms with van der Waals surface area (Å²) in [5.74, 6) is -0.890. The van der Waals surface area contributed by atoms with Crippen LogP contribution < -0.4 is 0 Å². The van der Waals surface area contributed by atoms with Crippen LogP contribution in [0.3, 0.4) is 0 Å². The molecule has 0 aromatic carbocycles. The summed E-state index contributed by atoms with van der Waals surface area (Å²) >= 11 is 1.12. The van der Waals surface area contributed by atoms with Gasteiger partial charge >= 0.3 is 5.97 Å². The Morgan fingerprint density at radius 2 is 2.50 bits per heavy atom. The number of carboxylic acids is 1. The topological polar surface area (TPSA) is 74.0 Å². The molecule has 14 heavy (non-hydrogen) atoms. The molecule has 0 amide bonds. The first kappa shape index (κ1) is 10.5. The van der Waals surface area contributed by atoms with Crippen LogP contribution in [0.25, 0.3) is 0 Å². The Bertz CT molecular complexity index is 387. The number of carboxylic acid groups (broad SMARTS) is 1. The Morgan fingerprint density at radius 3 is 3.07 bits per heavy atom. The van der Waals surface area contributed by atoms with Crippen LogP contribution in [-0.4, -0.2) is 21.3 Å². The molecule has 0 aliphatic heterocycles. The van der Waals surface area contributed by atoms with E-state index in [1.807, 2.05) is 6.07 Å². The SMILES string of the molecule is CC(Sc1cc(C#N)ccn1)C(=O)O. The van der Waals surface area contributed by atoms with Crippen molar-refractivity contribution in [2.75, 3.05) is 0 Å². The average molecular weight is 208 g/mol. The normalized spacial score (nSPS) is 11.7. The zero-order valence-corrected chi connectivity index (χ0v) is 8.28. The highest BCUT2D eigenvalue weighted by atomic mass is 32.2. The van der Waals surface area contributed by atoms with Crippen LogP contribution in [0.15, 0.2) is 23.4 Å². The molecule has 0 radical (unpaired) electrons. The Labute approximate surface area is 85.6 Å². The first-order chi connectivity index (χ1) is 6.63. The molecule has 0 saturated heterocycles. The number of rotatable bonds is 3. The standard InChI is InChI=1S/C9H8N2O2S/c1-6(9(12)13)14-8-4-7(5-10)2-3-11-8/h2-4,6H,1H3,(H,12,13). The van der Waals surface area contributed by atoms with Crippen molar-refractivity contribution < 1.29 is 9.90 Å². The molecule has 1 unspecified atom stereocenters. The van der Waals surface area contributed by atoms with E-state index < -0.39 is 11.2 Å². The van der Waals surface area contributed by atoms with E-state index in [9.17, 15) is 4.79 Å². The second-order valence-corrected chi connectivity index (χ2v) is 3.95. The number of hydrogen-bond donors (Lipinski definition) is 1. The van der Waals surface area contributed by atoms with Crippen LogP contribution in [-0.2, 0) is 4.79 Å². The molecule has 1 aromatic rings.